The number of pyridine rings is 1. The fourth-order valence-electron chi connectivity index (χ4n) is 3.57. The molecule has 0 fully saturated rings. The fraction of sp³-hybridized carbons (Fsp3) is 0.208. The summed E-state index contributed by atoms with van der Waals surface area (Å²) < 4.78 is 7.89. The summed E-state index contributed by atoms with van der Waals surface area (Å²) in [6.07, 6.45) is 1.49. The lowest BCUT2D eigenvalue weighted by Crippen LogP contribution is -2.12. The molecule has 4 aromatic rings. The third-order valence-corrected chi connectivity index (χ3v) is 5.23. The maximum atomic E-state index is 11.3. The molecule has 3 N–H and O–H groups in total. The second-order valence-corrected chi connectivity index (χ2v) is 7.84. The van der Waals surface area contributed by atoms with Crippen molar-refractivity contribution in [3.8, 4) is 11.5 Å². The van der Waals surface area contributed by atoms with Gasteiger partial charge < -0.3 is 20.4 Å². The lowest BCUT2D eigenvalue weighted by atomic mass is 9.97. The number of aromatic nitrogens is 3. The molecule has 0 aliphatic carbocycles. The Bertz CT molecular complexity index is 1280. The number of nitrogens with two attached hydrogens (primary N) is 1. The number of aryl methyl sites for hydroxylation is 2. The average Bonchev–Trinajstić information content (AvgIpc) is 3.04. The van der Waals surface area contributed by atoms with E-state index >= 15 is 0 Å². The summed E-state index contributed by atoms with van der Waals surface area (Å²) in [6.45, 7) is 6.51. The molecule has 0 bridgehead atoms. The van der Waals surface area contributed by atoms with E-state index in [1.54, 1.807) is 6.07 Å². The summed E-state index contributed by atoms with van der Waals surface area (Å²) >= 11 is 0. The number of anilines is 2. The van der Waals surface area contributed by atoms with E-state index in [-0.39, 0.29) is 5.69 Å². The van der Waals surface area contributed by atoms with Crippen molar-refractivity contribution < 1.29 is 9.53 Å². The van der Waals surface area contributed by atoms with Gasteiger partial charge in [0, 0.05) is 31.1 Å². The van der Waals surface area contributed by atoms with Crippen molar-refractivity contribution in [3.63, 3.8) is 0 Å². The smallest absolute Gasteiger partial charge is 0.267 e. The normalized spacial score (nSPS) is 11.1. The minimum absolute atomic E-state index is 0.154. The van der Waals surface area contributed by atoms with Crippen LogP contribution >= 0.6 is 0 Å². The lowest BCUT2D eigenvalue weighted by Gasteiger charge is -2.13. The van der Waals surface area contributed by atoms with Crippen LogP contribution in [-0.4, -0.2) is 20.4 Å². The molecular formula is C24H25N5O2. The molecule has 0 atom stereocenters. The number of amides is 1. The van der Waals surface area contributed by atoms with Gasteiger partial charge in [-0.2, -0.15) is 0 Å². The van der Waals surface area contributed by atoms with Crippen molar-refractivity contribution in [1.29, 1.82) is 0 Å². The summed E-state index contributed by atoms with van der Waals surface area (Å²) in [5.74, 6) is 1.68. The zero-order valence-electron chi connectivity index (χ0n) is 18.0. The van der Waals surface area contributed by atoms with Crippen LogP contribution < -0.4 is 15.8 Å². The molecule has 0 spiro atoms. The summed E-state index contributed by atoms with van der Waals surface area (Å²) in [5, 5.41) is 3.42. The Morgan fingerprint density at radius 2 is 1.87 bits per heavy atom. The Labute approximate surface area is 180 Å². The summed E-state index contributed by atoms with van der Waals surface area (Å²) in [7, 11) is 1.97. The van der Waals surface area contributed by atoms with Crippen LogP contribution in [0.4, 0.5) is 11.6 Å². The van der Waals surface area contributed by atoms with Crippen molar-refractivity contribution in [2.75, 3.05) is 5.32 Å². The number of benzene rings is 2. The Kier molecular flexibility index (Phi) is 5.33. The van der Waals surface area contributed by atoms with Crippen LogP contribution in [0.1, 0.15) is 41.4 Å². The number of nitrogens with zero attached hydrogens (tertiary/aromatic N) is 3. The fourth-order valence-corrected chi connectivity index (χ4v) is 3.57. The van der Waals surface area contributed by atoms with E-state index in [0.29, 0.717) is 17.4 Å². The highest BCUT2D eigenvalue weighted by Gasteiger charge is 2.12. The summed E-state index contributed by atoms with van der Waals surface area (Å²) in [4.78, 5) is 20.0. The number of carbonyl (C=O) groups excluding carboxylic acids is 1. The predicted molar refractivity (Wildman–Crippen MR) is 122 cm³/mol. The molecule has 31 heavy (non-hydrogen) atoms. The van der Waals surface area contributed by atoms with E-state index in [2.05, 4.69) is 49.3 Å². The standard InChI is InChI=1S/C24H25N5O2/c1-14(2)19-11-16(6-5-15(19)3)27-24-28-20-12-17(7-8-22(20)29(24)4)31-18-9-10-26-21(13-18)23(25)30/h5-14H,1-4H3,(H2,25,30)(H,27,28). The highest BCUT2D eigenvalue weighted by atomic mass is 16.5. The van der Waals surface area contributed by atoms with Crippen molar-refractivity contribution >= 4 is 28.6 Å². The highest BCUT2D eigenvalue weighted by molar-refractivity contribution is 5.91. The van der Waals surface area contributed by atoms with Gasteiger partial charge in [0.2, 0.25) is 5.95 Å². The Hall–Kier alpha value is -3.87. The topological polar surface area (TPSA) is 95.1 Å². The van der Waals surface area contributed by atoms with Gasteiger partial charge in [0.1, 0.15) is 17.2 Å². The van der Waals surface area contributed by atoms with Crippen molar-refractivity contribution in [3.05, 3.63) is 71.5 Å². The molecule has 2 aromatic carbocycles. The maximum absolute atomic E-state index is 11.3. The number of nitrogens with one attached hydrogen (secondary N) is 1. The first kappa shape index (κ1) is 20.4. The van der Waals surface area contributed by atoms with Gasteiger partial charge in [-0.15, -0.1) is 0 Å². The van der Waals surface area contributed by atoms with Crippen LogP contribution in [0.15, 0.2) is 54.7 Å². The first-order valence-corrected chi connectivity index (χ1v) is 10.1. The SMILES string of the molecule is Cc1ccc(Nc2nc3cc(Oc4ccnc(C(N)=O)c4)ccc3n2C)cc1C(C)C. The number of rotatable bonds is 6. The number of primary amides is 1. The second-order valence-electron chi connectivity index (χ2n) is 7.84. The first-order chi connectivity index (χ1) is 14.8. The molecule has 7 nitrogen and oxygen atoms in total. The van der Waals surface area contributed by atoms with Gasteiger partial charge in [0.15, 0.2) is 0 Å². The molecule has 0 aliphatic heterocycles. The van der Waals surface area contributed by atoms with E-state index in [1.165, 1.54) is 23.4 Å². The third kappa shape index (κ3) is 4.21. The zero-order valence-corrected chi connectivity index (χ0v) is 18.0. The van der Waals surface area contributed by atoms with Crippen molar-refractivity contribution in [2.45, 2.75) is 26.7 Å². The van der Waals surface area contributed by atoms with Gasteiger partial charge >= 0.3 is 0 Å². The largest absolute Gasteiger partial charge is 0.457 e. The Morgan fingerprint density at radius 3 is 2.61 bits per heavy atom. The number of imidazole rings is 1. The molecule has 0 saturated carbocycles. The number of hydrogen-bond acceptors (Lipinski definition) is 5. The Balaban J connectivity index is 1.61. The van der Waals surface area contributed by atoms with E-state index in [9.17, 15) is 4.79 Å². The lowest BCUT2D eigenvalue weighted by molar-refractivity contribution is 0.0995. The van der Waals surface area contributed by atoms with Crippen LogP contribution in [0.5, 0.6) is 11.5 Å². The van der Waals surface area contributed by atoms with E-state index < -0.39 is 5.91 Å². The molecule has 0 unspecified atom stereocenters. The summed E-state index contributed by atoms with van der Waals surface area (Å²) in [5.41, 5.74) is 10.8. The van der Waals surface area contributed by atoms with Gasteiger partial charge in [-0.1, -0.05) is 19.9 Å². The van der Waals surface area contributed by atoms with Crippen LogP contribution in [0, 0.1) is 6.92 Å². The number of hydrogen-bond donors (Lipinski definition) is 2. The molecule has 7 heteroatoms. The Morgan fingerprint density at radius 1 is 1.10 bits per heavy atom. The monoisotopic (exact) mass is 415 g/mol. The molecule has 2 heterocycles. The average molecular weight is 415 g/mol. The van der Waals surface area contributed by atoms with Gasteiger partial charge in [-0.05, 0) is 54.3 Å². The zero-order chi connectivity index (χ0) is 22.1. The minimum Gasteiger partial charge on any atom is -0.457 e. The highest BCUT2D eigenvalue weighted by Crippen LogP contribution is 2.29. The minimum atomic E-state index is -0.599. The van der Waals surface area contributed by atoms with E-state index in [0.717, 1.165) is 22.7 Å². The number of carbonyl (C=O) groups is 1. The van der Waals surface area contributed by atoms with Crippen molar-refractivity contribution in [1.82, 2.24) is 14.5 Å². The predicted octanol–water partition coefficient (Wildman–Crippen LogP) is 5.03. The first-order valence-electron chi connectivity index (χ1n) is 10.1. The molecule has 1 amide bonds. The van der Waals surface area contributed by atoms with Gasteiger partial charge in [0.25, 0.3) is 5.91 Å². The van der Waals surface area contributed by atoms with Gasteiger partial charge in [-0.3, -0.25) is 9.78 Å². The molecule has 4 rings (SSSR count). The molecule has 2 aromatic heterocycles. The van der Waals surface area contributed by atoms with Crippen LogP contribution in [0.3, 0.4) is 0 Å². The van der Waals surface area contributed by atoms with Gasteiger partial charge in [0.05, 0.1) is 11.0 Å². The maximum Gasteiger partial charge on any atom is 0.267 e. The van der Waals surface area contributed by atoms with E-state index in [1.807, 2.05) is 29.8 Å². The summed E-state index contributed by atoms with van der Waals surface area (Å²) in [6, 6.07) is 15.2. The molecule has 0 radical (unpaired) electrons. The van der Waals surface area contributed by atoms with Crippen LogP contribution in [0.25, 0.3) is 11.0 Å². The molecule has 0 saturated heterocycles. The number of fused-ring (bicyclic) bond motifs is 1. The molecular weight excluding hydrogens is 390 g/mol. The van der Waals surface area contributed by atoms with Crippen LogP contribution in [0.2, 0.25) is 0 Å². The van der Waals surface area contributed by atoms with Crippen molar-refractivity contribution in [2.24, 2.45) is 12.8 Å². The third-order valence-electron chi connectivity index (χ3n) is 5.23. The quantitative estimate of drug-likeness (QED) is 0.460. The van der Waals surface area contributed by atoms with Gasteiger partial charge in [-0.25, -0.2) is 4.98 Å². The second kappa shape index (κ2) is 8.10. The van der Waals surface area contributed by atoms with Crippen LogP contribution in [-0.2, 0) is 7.05 Å². The molecule has 158 valence electrons. The number of ether oxygens (including phenoxy) is 1. The molecule has 0 aliphatic rings. The van der Waals surface area contributed by atoms with E-state index in [4.69, 9.17) is 15.5 Å².